The Morgan fingerprint density at radius 3 is 2.78 bits per heavy atom. The summed E-state index contributed by atoms with van der Waals surface area (Å²) in [6.45, 7) is 5.68. The van der Waals surface area contributed by atoms with Crippen molar-refractivity contribution in [2.24, 2.45) is 4.99 Å². The summed E-state index contributed by atoms with van der Waals surface area (Å²) >= 11 is 6.57. The van der Waals surface area contributed by atoms with Gasteiger partial charge in [0.25, 0.3) is 5.56 Å². The van der Waals surface area contributed by atoms with Crippen LogP contribution in [0.1, 0.15) is 27.1 Å². The summed E-state index contributed by atoms with van der Waals surface area (Å²) in [5.41, 5.74) is 2.37. The smallest absolute Gasteiger partial charge is 0.264 e. The minimum absolute atomic E-state index is 0.0299. The lowest BCUT2D eigenvalue weighted by Crippen LogP contribution is -2.18. The van der Waals surface area contributed by atoms with Crippen LogP contribution in [-0.2, 0) is 0 Å². The maximum Gasteiger partial charge on any atom is 0.264 e. The molecule has 27 heavy (non-hydrogen) atoms. The third kappa shape index (κ3) is 3.47. The Hall–Kier alpha value is -3.02. The van der Waals surface area contributed by atoms with Gasteiger partial charge in [-0.05, 0) is 56.2 Å². The molecule has 2 heterocycles. The fraction of sp³-hybridized carbons (Fsp3) is 0.158. The first kappa shape index (κ1) is 18.8. The van der Waals surface area contributed by atoms with Gasteiger partial charge in [0, 0.05) is 11.1 Å². The van der Waals surface area contributed by atoms with Crippen molar-refractivity contribution in [1.29, 1.82) is 5.26 Å². The van der Waals surface area contributed by atoms with Crippen molar-refractivity contribution in [2.45, 2.75) is 20.8 Å². The molecule has 136 valence electrons. The third-order valence-electron chi connectivity index (χ3n) is 4.17. The van der Waals surface area contributed by atoms with Crippen molar-refractivity contribution in [3.05, 3.63) is 66.5 Å². The molecule has 0 atom stereocenters. The molecule has 1 aromatic carbocycles. The summed E-state index contributed by atoms with van der Waals surface area (Å²) < 4.78 is 1.46. The highest BCUT2D eigenvalue weighted by atomic mass is 32.1. The fourth-order valence-electron chi connectivity index (χ4n) is 2.62. The first-order valence-electron chi connectivity index (χ1n) is 8.03. The summed E-state index contributed by atoms with van der Waals surface area (Å²) in [6.07, 6.45) is 1.26. The molecule has 0 saturated heterocycles. The van der Waals surface area contributed by atoms with Gasteiger partial charge in [-0.15, -0.1) is 11.3 Å². The van der Waals surface area contributed by atoms with E-state index < -0.39 is 5.56 Å². The minimum atomic E-state index is -0.548. The van der Waals surface area contributed by atoms with E-state index in [1.54, 1.807) is 6.07 Å². The van der Waals surface area contributed by atoms with E-state index in [2.05, 4.69) is 16.0 Å². The van der Waals surface area contributed by atoms with Gasteiger partial charge in [-0.2, -0.15) is 5.26 Å². The Morgan fingerprint density at radius 2 is 2.11 bits per heavy atom. The second kappa shape index (κ2) is 7.31. The van der Waals surface area contributed by atoms with Crippen LogP contribution < -0.4 is 5.56 Å². The maximum atomic E-state index is 12.3. The number of aromatic hydroxyl groups is 1. The number of benzene rings is 1. The van der Waals surface area contributed by atoms with Crippen LogP contribution >= 0.6 is 23.6 Å². The van der Waals surface area contributed by atoms with E-state index >= 15 is 0 Å². The zero-order valence-corrected chi connectivity index (χ0v) is 16.5. The number of hydrogen-bond acceptors (Lipinski definition) is 6. The van der Waals surface area contributed by atoms with E-state index in [0.29, 0.717) is 16.3 Å². The van der Waals surface area contributed by atoms with Gasteiger partial charge in [0.2, 0.25) is 5.88 Å². The van der Waals surface area contributed by atoms with Gasteiger partial charge < -0.3 is 5.11 Å². The van der Waals surface area contributed by atoms with Crippen LogP contribution in [0.5, 0.6) is 5.88 Å². The number of aryl methyl sites for hydroxylation is 2. The molecule has 0 amide bonds. The quantitative estimate of drug-likeness (QED) is 0.512. The van der Waals surface area contributed by atoms with E-state index in [4.69, 9.17) is 12.2 Å². The first-order chi connectivity index (χ1) is 12.8. The Balaban J connectivity index is 2.17. The van der Waals surface area contributed by atoms with Gasteiger partial charge >= 0.3 is 0 Å². The Labute approximate surface area is 164 Å². The van der Waals surface area contributed by atoms with Gasteiger partial charge in [0.1, 0.15) is 16.6 Å². The number of nitriles is 1. The topological polar surface area (TPSA) is 94.2 Å². The van der Waals surface area contributed by atoms with Crippen molar-refractivity contribution in [1.82, 2.24) is 9.55 Å². The summed E-state index contributed by atoms with van der Waals surface area (Å²) in [5, 5.41) is 20.5. The highest BCUT2D eigenvalue weighted by Gasteiger charge is 2.15. The number of H-pyrrole nitrogens is 1. The van der Waals surface area contributed by atoms with E-state index in [1.807, 2.05) is 39.0 Å². The molecule has 6 nitrogen and oxygen atoms in total. The van der Waals surface area contributed by atoms with Crippen LogP contribution in [0.3, 0.4) is 0 Å². The summed E-state index contributed by atoms with van der Waals surface area (Å²) in [7, 11) is 0. The Kier molecular flexibility index (Phi) is 5.08. The molecule has 0 aliphatic heterocycles. The number of thiophene rings is 1. The monoisotopic (exact) mass is 396 g/mol. The highest BCUT2D eigenvalue weighted by molar-refractivity contribution is 7.71. The van der Waals surface area contributed by atoms with Gasteiger partial charge in [-0.3, -0.25) is 14.3 Å². The van der Waals surface area contributed by atoms with Gasteiger partial charge in [0.05, 0.1) is 11.3 Å². The van der Waals surface area contributed by atoms with E-state index in [1.165, 1.54) is 22.1 Å². The number of aromatic amines is 1. The lowest BCUT2D eigenvalue weighted by atomic mass is 10.2. The molecular formula is C19H16N4O2S2. The largest absolute Gasteiger partial charge is 0.494 e. The predicted octanol–water partition coefficient (Wildman–Crippen LogP) is 4.21. The average molecular weight is 396 g/mol. The fourth-order valence-corrected chi connectivity index (χ4v) is 3.85. The number of nitrogens with one attached hydrogen (secondary N) is 1. The van der Waals surface area contributed by atoms with Crippen LogP contribution in [0, 0.1) is 36.9 Å². The molecule has 0 aliphatic carbocycles. The van der Waals surface area contributed by atoms with Gasteiger partial charge in [-0.1, -0.05) is 12.1 Å². The molecule has 8 heteroatoms. The average Bonchev–Trinajstić information content (AvgIpc) is 2.88. The second-order valence-corrected chi connectivity index (χ2v) is 7.59. The molecule has 0 bridgehead atoms. The zero-order chi connectivity index (χ0) is 19.7. The molecule has 0 unspecified atom stereocenters. The maximum absolute atomic E-state index is 12.3. The van der Waals surface area contributed by atoms with Crippen molar-refractivity contribution in [2.75, 3.05) is 0 Å². The van der Waals surface area contributed by atoms with Crippen molar-refractivity contribution < 1.29 is 5.11 Å². The standard InChI is InChI=1S/C19H16N4O2S2/c1-10-5-4-6-13(7-10)23-18(25)15(16(24)22-19(23)26)9-21-17-14(8-20)11(2)12(3)27-17/h4-7,9,25H,1-3H3,(H,22,24,26)/b21-9+. The summed E-state index contributed by atoms with van der Waals surface area (Å²) in [5.74, 6) is -0.304. The molecule has 0 saturated carbocycles. The van der Waals surface area contributed by atoms with Crippen LogP contribution in [-0.4, -0.2) is 20.9 Å². The number of aromatic nitrogens is 2. The molecule has 0 spiro atoms. The Morgan fingerprint density at radius 1 is 1.37 bits per heavy atom. The van der Waals surface area contributed by atoms with E-state index in [9.17, 15) is 15.2 Å². The summed E-state index contributed by atoms with van der Waals surface area (Å²) in [6, 6.07) is 9.50. The molecular weight excluding hydrogens is 380 g/mol. The SMILES string of the molecule is Cc1cccc(-n2c(O)c(/C=N/c3sc(C)c(C)c3C#N)c(=O)[nH]c2=S)c1. The van der Waals surface area contributed by atoms with E-state index in [0.717, 1.165) is 16.0 Å². The lowest BCUT2D eigenvalue weighted by Gasteiger charge is -2.11. The summed E-state index contributed by atoms with van der Waals surface area (Å²) in [4.78, 5) is 20.1. The van der Waals surface area contributed by atoms with Crippen LogP contribution in [0.4, 0.5) is 5.00 Å². The molecule has 3 aromatic rings. The molecule has 2 N–H and O–H groups in total. The zero-order valence-electron chi connectivity index (χ0n) is 14.9. The van der Waals surface area contributed by atoms with Crippen LogP contribution in [0.2, 0.25) is 0 Å². The molecule has 0 radical (unpaired) electrons. The van der Waals surface area contributed by atoms with Gasteiger partial charge in [-0.25, -0.2) is 4.99 Å². The number of hydrogen-bond donors (Lipinski definition) is 2. The van der Waals surface area contributed by atoms with Crippen LogP contribution in [0.25, 0.3) is 5.69 Å². The number of rotatable bonds is 3. The van der Waals surface area contributed by atoms with Crippen LogP contribution in [0.15, 0.2) is 34.1 Å². The predicted molar refractivity (Wildman–Crippen MR) is 109 cm³/mol. The minimum Gasteiger partial charge on any atom is -0.494 e. The third-order valence-corrected chi connectivity index (χ3v) is 5.57. The number of nitrogens with zero attached hydrogens (tertiary/aromatic N) is 3. The molecule has 2 aromatic heterocycles. The molecule has 3 rings (SSSR count). The molecule has 0 fully saturated rings. The van der Waals surface area contributed by atoms with E-state index in [-0.39, 0.29) is 16.2 Å². The second-order valence-electron chi connectivity index (χ2n) is 6.00. The highest BCUT2D eigenvalue weighted by Crippen LogP contribution is 2.34. The van der Waals surface area contributed by atoms with Gasteiger partial charge in [0.15, 0.2) is 4.77 Å². The normalized spacial score (nSPS) is 11.0. The lowest BCUT2D eigenvalue weighted by molar-refractivity contribution is 0.432. The van der Waals surface area contributed by atoms with Crippen molar-refractivity contribution in [3.8, 4) is 17.6 Å². The number of aliphatic imine (C=N–C) groups is 1. The van der Waals surface area contributed by atoms with Crippen molar-refractivity contribution >= 4 is 34.8 Å². The van der Waals surface area contributed by atoms with Crippen molar-refractivity contribution in [3.63, 3.8) is 0 Å². The Bertz CT molecular complexity index is 1230. The first-order valence-corrected chi connectivity index (χ1v) is 9.25. The molecule has 0 aliphatic rings.